The minimum atomic E-state index is -0.401. The topological polar surface area (TPSA) is 100.0 Å². The molecule has 3 heterocycles. The molecule has 8 nitrogen and oxygen atoms in total. The van der Waals surface area contributed by atoms with Gasteiger partial charge in [-0.15, -0.1) is 5.10 Å². The Bertz CT molecular complexity index is 588. The largest absolute Gasteiger partial charge is 0.337 e. The summed E-state index contributed by atoms with van der Waals surface area (Å²) in [6.07, 6.45) is 0. The van der Waals surface area contributed by atoms with Gasteiger partial charge in [0.1, 0.15) is 0 Å². The molecular formula is C10H12N6O2S. The molecule has 0 atom stereocenters. The van der Waals surface area contributed by atoms with Gasteiger partial charge in [-0.25, -0.2) is 0 Å². The van der Waals surface area contributed by atoms with Crippen molar-refractivity contribution in [1.82, 2.24) is 20.5 Å². The highest BCUT2D eigenvalue weighted by atomic mass is 32.1. The third-order valence-corrected chi connectivity index (χ3v) is 3.92. The zero-order valence-corrected chi connectivity index (χ0v) is 10.8. The van der Waals surface area contributed by atoms with Crippen LogP contribution in [0.25, 0.3) is 10.7 Å². The molecule has 1 fully saturated rings. The number of aromatic nitrogens is 3. The van der Waals surface area contributed by atoms with Gasteiger partial charge in [-0.2, -0.15) is 4.98 Å². The summed E-state index contributed by atoms with van der Waals surface area (Å²) in [4.78, 5) is 17.5. The number of hydrogen-bond acceptors (Lipinski definition) is 7. The molecule has 2 aromatic heterocycles. The summed E-state index contributed by atoms with van der Waals surface area (Å²) in [5.74, 6) is 1.22. The molecule has 0 unspecified atom stereocenters. The first-order valence-corrected chi connectivity index (χ1v) is 6.68. The van der Waals surface area contributed by atoms with Gasteiger partial charge in [0.05, 0.1) is 9.80 Å². The molecule has 0 spiro atoms. The maximum atomic E-state index is 10.7. The highest BCUT2D eigenvalue weighted by Gasteiger charge is 2.18. The summed E-state index contributed by atoms with van der Waals surface area (Å²) < 4.78 is 0. The van der Waals surface area contributed by atoms with E-state index in [1.807, 2.05) is 0 Å². The average molecular weight is 280 g/mol. The molecule has 2 aromatic rings. The molecule has 1 aliphatic heterocycles. The molecule has 19 heavy (non-hydrogen) atoms. The van der Waals surface area contributed by atoms with E-state index in [0.717, 1.165) is 42.4 Å². The normalized spacial score (nSPS) is 15.7. The van der Waals surface area contributed by atoms with Crippen molar-refractivity contribution in [3.05, 3.63) is 22.2 Å². The zero-order valence-electron chi connectivity index (χ0n) is 10.00. The maximum absolute atomic E-state index is 10.7. The van der Waals surface area contributed by atoms with Gasteiger partial charge in [0, 0.05) is 32.2 Å². The lowest BCUT2D eigenvalue weighted by atomic mass is 10.4. The fraction of sp³-hybridized carbons (Fsp3) is 0.400. The van der Waals surface area contributed by atoms with E-state index >= 15 is 0 Å². The first-order valence-electron chi connectivity index (χ1n) is 5.87. The fourth-order valence-corrected chi connectivity index (χ4v) is 2.68. The van der Waals surface area contributed by atoms with Gasteiger partial charge in [-0.1, -0.05) is 11.3 Å². The Kier molecular flexibility index (Phi) is 3.13. The Labute approximate surface area is 112 Å². The van der Waals surface area contributed by atoms with Crippen LogP contribution in [0.4, 0.5) is 10.9 Å². The lowest BCUT2D eigenvalue weighted by molar-refractivity contribution is -0.380. The molecule has 0 amide bonds. The number of thiophene rings is 1. The van der Waals surface area contributed by atoms with Crippen molar-refractivity contribution in [3.63, 3.8) is 0 Å². The van der Waals surface area contributed by atoms with Crippen LogP contribution in [0.1, 0.15) is 0 Å². The van der Waals surface area contributed by atoms with Crippen LogP contribution in [0.2, 0.25) is 0 Å². The van der Waals surface area contributed by atoms with Crippen molar-refractivity contribution >= 4 is 22.3 Å². The van der Waals surface area contributed by atoms with E-state index in [2.05, 4.69) is 25.4 Å². The molecule has 2 N–H and O–H groups in total. The molecule has 1 aliphatic rings. The number of piperazine rings is 1. The number of nitrogens with zero attached hydrogens (tertiary/aromatic N) is 4. The number of nitrogens with one attached hydrogen (secondary N) is 2. The van der Waals surface area contributed by atoms with E-state index in [-0.39, 0.29) is 5.00 Å². The number of anilines is 1. The highest BCUT2D eigenvalue weighted by molar-refractivity contribution is 7.18. The standard InChI is InChI=1S/C10H12N6O2S/c17-16(18)8-2-1-7(19-8)9-12-10(14-13-9)15-5-3-11-4-6-15/h1-2,11H,3-6H2,(H,12,13,14). The van der Waals surface area contributed by atoms with Crippen molar-refractivity contribution in [1.29, 1.82) is 0 Å². The molecule has 0 bridgehead atoms. The van der Waals surface area contributed by atoms with Crippen LogP contribution in [0.15, 0.2) is 12.1 Å². The maximum Gasteiger partial charge on any atom is 0.324 e. The Morgan fingerprint density at radius 1 is 1.37 bits per heavy atom. The number of nitro groups is 1. The van der Waals surface area contributed by atoms with E-state index in [1.54, 1.807) is 6.07 Å². The smallest absolute Gasteiger partial charge is 0.324 e. The van der Waals surface area contributed by atoms with Crippen LogP contribution < -0.4 is 10.2 Å². The molecule has 1 saturated heterocycles. The van der Waals surface area contributed by atoms with Crippen molar-refractivity contribution in [2.24, 2.45) is 0 Å². The second kappa shape index (κ2) is 4.94. The Morgan fingerprint density at radius 2 is 2.16 bits per heavy atom. The first-order chi connectivity index (χ1) is 9.24. The van der Waals surface area contributed by atoms with Gasteiger partial charge in [-0.05, 0) is 6.07 Å². The number of hydrogen-bond donors (Lipinski definition) is 2. The third-order valence-electron chi connectivity index (χ3n) is 2.88. The summed E-state index contributed by atoms with van der Waals surface area (Å²) in [7, 11) is 0. The molecule has 9 heteroatoms. The molecular weight excluding hydrogens is 268 g/mol. The summed E-state index contributed by atoms with van der Waals surface area (Å²) in [5.41, 5.74) is 0. The van der Waals surface area contributed by atoms with E-state index in [9.17, 15) is 10.1 Å². The van der Waals surface area contributed by atoms with E-state index < -0.39 is 4.92 Å². The van der Waals surface area contributed by atoms with Crippen molar-refractivity contribution < 1.29 is 4.92 Å². The van der Waals surface area contributed by atoms with Crippen LogP contribution >= 0.6 is 11.3 Å². The van der Waals surface area contributed by atoms with Crippen molar-refractivity contribution in [2.45, 2.75) is 0 Å². The highest BCUT2D eigenvalue weighted by Crippen LogP contribution is 2.31. The quantitative estimate of drug-likeness (QED) is 0.638. The van der Waals surface area contributed by atoms with Crippen molar-refractivity contribution in [2.75, 3.05) is 31.1 Å². The fourth-order valence-electron chi connectivity index (χ4n) is 1.92. The zero-order chi connectivity index (χ0) is 13.2. The number of H-pyrrole nitrogens is 1. The monoisotopic (exact) mass is 280 g/mol. The number of aromatic amines is 1. The molecule has 3 rings (SSSR count). The Hall–Kier alpha value is -2.00. The van der Waals surface area contributed by atoms with Gasteiger partial charge in [0.2, 0.25) is 5.95 Å². The second-order valence-electron chi connectivity index (χ2n) is 4.12. The molecule has 0 aliphatic carbocycles. The van der Waals surface area contributed by atoms with Gasteiger partial charge < -0.3 is 10.2 Å². The minimum absolute atomic E-state index is 0.107. The molecule has 0 saturated carbocycles. The molecule has 100 valence electrons. The Morgan fingerprint density at radius 3 is 2.84 bits per heavy atom. The van der Waals surface area contributed by atoms with Crippen LogP contribution in [0.3, 0.4) is 0 Å². The lowest BCUT2D eigenvalue weighted by Gasteiger charge is -2.25. The summed E-state index contributed by atoms with van der Waals surface area (Å²) >= 11 is 1.09. The third kappa shape index (κ3) is 2.42. The van der Waals surface area contributed by atoms with E-state index in [0.29, 0.717) is 11.8 Å². The van der Waals surface area contributed by atoms with Crippen LogP contribution in [-0.4, -0.2) is 46.3 Å². The average Bonchev–Trinajstić information content (AvgIpc) is 3.09. The van der Waals surface area contributed by atoms with Gasteiger partial charge >= 0.3 is 5.00 Å². The van der Waals surface area contributed by atoms with E-state index in [4.69, 9.17) is 0 Å². The summed E-state index contributed by atoms with van der Waals surface area (Å²) in [6, 6.07) is 3.16. The predicted octanol–water partition coefficient (Wildman–Crippen LogP) is 0.851. The number of rotatable bonds is 3. The van der Waals surface area contributed by atoms with Crippen LogP contribution in [0, 0.1) is 10.1 Å². The molecule has 0 aromatic carbocycles. The lowest BCUT2D eigenvalue weighted by Crippen LogP contribution is -2.44. The second-order valence-corrected chi connectivity index (χ2v) is 5.18. The van der Waals surface area contributed by atoms with Gasteiger partial charge in [0.25, 0.3) is 0 Å². The first kappa shape index (κ1) is 12.1. The predicted molar refractivity (Wildman–Crippen MR) is 71.4 cm³/mol. The summed E-state index contributed by atoms with van der Waals surface area (Å²) in [6.45, 7) is 3.55. The summed E-state index contributed by atoms with van der Waals surface area (Å²) in [5, 5.41) is 21.0. The van der Waals surface area contributed by atoms with Crippen LogP contribution in [-0.2, 0) is 0 Å². The molecule has 0 radical (unpaired) electrons. The minimum Gasteiger partial charge on any atom is -0.337 e. The Balaban J connectivity index is 1.81. The van der Waals surface area contributed by atoms with Gasteiger partial charge in [-0.3, -0.25) is 15.2 Å². The SMILES string of the molecule is O=[N+]([O-])c1ccc(-c2nc(N3CCNCC3)n[nH]2)s1. The van der Waals surface area contributed by atoms with E-state index in [1.165, 1.54) is 6.07 Å². The van der Waals surface area contributed by atoms with Gasteiger partial charge in [0.15, 0.2) is 5.82 Å². The van der Waals surface area contributed by atoms with Crippen molar-refractivity contribution in [3.8, 4) is 10.7 Å². The van der Waals surface area contributed by atoms with Crippen LogP contribution in [0.5, 0.6) is 0 Å².